The molecule has 0 aromatic heterocycles. The molecule has 6 nitrogen and oxygen atoms in total. The number of fused-ring (bicyclic) bond motifs is 2. The number of nitro groups is 1. The average molecular weight is 249 g/mol. The number of nitrogens with two attached hydrogens (primary N) is 1. The molecule has 6 heteroatoms. The van der Waals surface area contributed by atoms with Gasteiger partial charge in [-0.2, -0.15) is 0 Å². The van der Waals surface area contributed by atoms with E-state index in [-0.39, 0.29) is 28.4 Å². The van der Waals surface area contributed by atoms with E-state index in [1.165, 1.54) is 0 Å². The maximum absolute atomic E-state index is 11.2. The Bertz CT molecular complexity index is 475. The molecule has 0 amide bonds. The number of anilines is 2. The SMILES string of the molecule is Nc1cccc(N2C3CC[C@H]2COC3)c1[N+](=O)[O-]. The van der Waals surface area contributed by atoms with E-state index in [1.807, 2.05) is 0 Å². The van der Waals surface area contributed by atoms with Crippen molar-refractivity contribution in [2.75, 3.05) is 23.8 Å². The molecule has 1 aromatic rings. The third-order valence-electron chi connectivity index (χ3n) is 3.75. The fourth-order valence-electron chi connectivity index (χ4n) is 2.98. The van der Waals surface area contributed by atoms with Crippen molar-refractivity contribution < 1.29 is 9.66 Å². The van der Waals surface area contributed by atoms with Gasteiger partial charge in [-0.15, -0.1) is 0 Å². The summed E-state index contributed by atoms with van der Waals surface area (Å²) >= 11 is 0. The lowest BCUT2D eigenvalue weighted by Crippen LogP contribution is -2.46. The Kier molecular flexibility index (Phi) is 2.59. The topological polar surface area (TPSA) is 81.6 Å². The minimum atomic E-state index is -0.389. The van der Waals surface area contributed by atoms with Crippen LogP contribution >= 0.6 is 0 Å². The summed E-state index contributed by atoms with van der Waals surface area (Å²) in [6.07, 6.45) is 2.05. The van der Waals surface area contributed by atoms with Gasteiger partial charge in [0.1, 0.15) is 11.4 Å². The van der Waals surface area contributed by atoms with Crippen LogP contribution < -0.4 is 10.6 Å². The number of hydrogen-bond donors (Lipinski definition) is 1. The second kappa shape index (κ2) is 4.13. The highest BCUT2D eigenvalue weighted by Crippen LogP contribution is 2.41. The normalized spacial score (nSPS) is 26.3. The van der Waals surface area contributed by atoms with Crippen LogP contribution in [0.3, 0.4) is 0 Å². The number of nitro benzene ring substituents is 1. The summed E-state index contributed by atoms with van der Waals surface area (Å²) in [4.78, 5) is 12.9. The number of rotatable bonds is 2. The first-order valence-electron chi connectivity index (χ1n) is 6.07. The number of hydrogen-bond acceptors (Lipinski definition) is 5. The fourth-order valence-corrected chi connectivity index (χ4v) is 2.98. The molecule has 0 radical (unpaired) electrons. The molecule has 96 valence electrons. The van der Waals surface area contributed by atoms with Gasteiger partial charge in [-0.1, -0.05) is 6.07 Å². The molecule has 18 heavy (non-hydrogen) atoms. The summed E-state index contributed by atoms with van der Waals surface area (Å²) in [6, 6.07) is 5.61. The lowest BCUT2D eigenvalue weighted by atomic mass is 10.1. The Morgan fingerprint density at radius 1 is 1.33 bits per heavy atom. The number of para-hydroxylation sites is 1. The van der Waals surface area contributed by atoms with Gasteiger partial charge in [0.25, 0.3) is 0 Å². The van der Waals surface area contributed by atoms with Crippen molar-refractivity contribution in [2.45, 2.75) is 24.9 Å². The molecule has 0 spiro atoms. The summed E-state index contributed by atoms with van der Waals surface area (Å²) in [6.45, 7) is 1.28. The van der Waals surface area contributed by atoms with Gasteiger partial charge in [0, 0.05) is 0 Å². The number of benzene rings is 1. The van der Waals surface area contributed by atoms with E-state index in [0.29, 0.717) is 18.9 Å². The van der Waals surface area contributed by atoms with Crippen molar-refractivity contribution >= 4 is 17.1 Å². The van der Waals surface area contributed by atoms with Crippen molar-refractivity contribution in [3.05, 3.63) is 28.3 Å². The summed E-state index contributed by atoms with van der Waals surface area (Å²) in [5.74, 6) is 0. The predicted molar refractivity (Wildman–Crippen MR) is 67.6 cm³/mol. The zero-order chi connectivity index (χ0) is 12.7. The molecule has 2 aliphatic heterocycles. The largest absolute Gasteiger partial charge is 0.393 e. The predicted octanol–water partition coefficient (Wildman–Crippen LogP) is 1.54. The molecule has 3 rings (SSSR count). The summed E-state index contributed by atoms with van der Waals surface area (Å²) < 4.78 is 5.50. The lowest BCUT2D eigenvalue weighted by molar-refractivity contribution is -0.383. The first-order valence-corrected chi connectivity index (χ1v) is 6.07. The van der Waals surface area contributed by atoms with E-state index in [0.717, 1.165) is 12.8 Å². The number of morpholine rings is 1. The molecule has 2 atom stereocenters. The van der Waals surface area contributed by atoms with Gasteiger partial charge in [-0.3, -0.25) is 10.1 Å². The van der Waals surface area contributed by atoms with E-state index in [4.69, 9.17) is 10.5 Å². The first kappa shape index (κ1) is 11.3. The number of ether oxygens (including phenoxy) is 1. The maximum atomic E-state index is 11.2. The Balaban J connectivity index is 2.07. The van der Waals surface area contributed by atoms with Crippen LogP contribution in [0.15, 0.2) is 18.2 Å². The molecule has 2 aliphatic rings. The van der Waals surface area contributed by atoms with E-state index < -0.39 is 0 Å². The highest BCUT2D eigenvalue weighted by molar-refractivity contribution is 5.76. The van der Waals surface area contributed by atoms with Crippen LogP contribution in [0.4, 0.5) is 17.1 Å². The van der Waals surface area contributed by atoms with Crippen molar-refractivity contribution in [3.63, 3.8) is 0 Å². The molecular weight excluding hydrogens is 234 g/mol. The zero-order valence-electron chi connectivity index (χ0n) is 9.91. The third kappa shape index (κ3) is 1.60. The van der Waals surface area contributed by atoms with Crippen LogP contribution in [0, 0.1) is 10.1 Å². The highest BCUT2D eigenvalue weighted by atomic mass is 16.6. The fraction of sp³-hybridized carbons (Fsp3) is 0.500. The van der Waals surface area contributed by atoms with Crippen LogP contribution in [0.5, 0.6) is 0 Å². The molecular formula is C12H15N3O3. The molecule has 2 saturated heterocycles. The van der Waals surface area contributed by atoms with E-state index >= 15 is 0 Å². The molecule has 1 aromatic carbocycles. The van der Waals surface area contributed by atoms with Crippen LogP contribution in [-0.4, -0.2) is 30.2 Å². The molecule has 0 saturated carbocycles. The minimum Gasteiger partial charge on any atom is -0.393 e. The second-order valence-corrected chi connectivity index (χ2v) is 4.80. The molecule has 2 bridgehead atoms. The van der Waals surface area contributed by atoms with Gasteiger partial charge in [0.15, 0.2) is 0 Å². The molecule has 2 heterocycles. The second-order valence-electron chi connectivity index (χ2n) is 4.80. The van der Waals surface area contributed by atoms with Gasteiger partial charge >= 0.3 is 5.69 Å². The number of nitrogen functional groups attached to an aromatic ring is 1. The summed E-state index contributed by atoms with van der Waals surface area (Å²) in [7, 11) is 0. The Labute approximate surface area is 104 Å². The van der Waals surface area contributed by atoms with Gasteiger partial charge in [-0.25, -0.2) is 0 Å². The molecule has 2 N–H and O–H groups in total. The van der Waals surface area contributed by atoms with Crippen LogP contribution in [0.1, 0.15) is 12.8 Å². The standard InChI is InChI=1S/C12H15N3O3/c13-10-2-1-3-11(12(10)15(16)17)14-8-4-5-9(14)7-18-6-8/h1-3,8-9H,4-7,13H2/t8-,9?/m0/s1. The van der Waals surface area contributed by atoms with Crippen LogP contribution in [-0.2, 0) is 4.74 Å². The maximum Gasteiger partial charge on any atom is 0.315 e. The average Bonchev–Trinajstić information content (AvgIpc) is 2.58. The van der Waals surface area contributed by atoms with Crippen molar-refractivity contribution in [1.29, 1.82) is 0 Å². The third-order valence-corrected chi connectivity index (χ3v) is 3.75. The van der Waals surface area contributed by atoms with Crippen LogP contribution in [0.2, 0.25) is 0 Å². The van der Waals surface area contributed by atoms with Gasteiger partial charge in [0.2, 0.25) is 0 Å². The van der Waals surface area contributed by atoms with Gasteiger partial charge in [-0.05, 0) is 25.0 Å². The Morgan fingerprint density at radius 3 is 2.61 bits per heavy atom. The van der Waals surface area contributed by atoms with Gasteiger partial charge in [0.05, 0.1) is 30.2 Å². The Morgan fingerprint density at radius 2 is 2.00 bits per heavy atom. The smallest absolute Gasteiger partial charge is 0.315 e. The zero-order valence-corrected chi connectivity index (χ0v) is 9.91. The molecule has 1 unspecified atom stereocenters. The monoisotopic (exact) mass is 249 g/mol. The molecule has 2 fully saturated rings. The summed E-state index contributed by atoms with van der Waals surface area (Å²) in [5, 5.41) is 11.2. The highest BCUT2D eigenvalue weighted by Gasteiger charge is 2.40. The van der Waals surface area contributed by atoms with Gasteiger partial charge < -0.3 is 15.4 Å². The lowest BCUT2D eigenvalue weighted by Gasteiger charge is -2.36. The van der Waals surface area contributed by atoms with Crippen molar-refractivity contribution in [3.8, 4) is 0 Å². The van der Waals surface area contributed by atoms with Crippen molar-refractivity contribution in [1.82, 2.24) is 0 Å². The first-order chi connectivity index (χ1) is 8.68. The van der Waals surface area contributed by atoms with E-state index in [9.17, 15) is 10.1 Å². The van der Waals surface area contributed by atoms with Crippen LogP contribution in [0.25, 0.3) is 0 Å². The minimum absolute atomic E-state index is 0.0244. The van der Waals surface area contributed by atoms with Crippen molar-refractivity contribution in [2.24, 2.45) is 0 Å². The summed E-state index contributed by atoms with van der Waals surface area (Å²) in [5.41, 5.74) is 6.63. The van der Waals surface area contributed by atoms with E-state index in [1.54, 1.807) is 18.2 Å². The molecule has 0 aliphatic carbocycles. The van der Waals surface area contributed by atoms with E-state index in [2.05, 4.69) is 4.90 Å². The quantitative estimate of drug-likeness (QED) is 0.488. The number of nitrogens with zero attached hydrogens (tertiary/aromatic N) is 2. The Hall–Kier alpha value is -1.82.